The number of nitrogens with one attached hydrogen (secondary N) is 2. The number of phenols is 2. The van der Waals surface area contributed by atoms with Gasteiger partial charge < -0.3 is 56.8 Å². The van der Waals surface area contributed by atoms with Crippen LogP contribution in [0.15, 0.2) is 23.5 Å². The van der Waals surface area contributed by atoms with Gasteiger partial charge in [-0.15, -0.1) is 0 Å². The number of primary amides is 1. The summed E-state index contributed by atoms with van der Waals surface area (Å²) in [6.45, 7) is 5.65. The highest BCUT2D eigenvalue weighted by molar-refractivity contribution is 6.09. The molecule has 0 saturated carbocycles. The van der Waals surface area contributed by atoms with Crippen molar-refractivity contribution in [1.29, 1.82) is 0 Å². The van der Waals surface area contributed by atoms with Crippen LogP contribution in [-0.2, 0) is 16.0 Å². The number of phenolic OH excluding ortho intramolecular Hbond substituents is 2. The summed E-state index contributed by atoms with van der Waals surface area (Å²) in [4.78, 5) is 28.2. The van der Waals surface area contributed by atoms with Gasteiger partial charge in [0, 0.05) is 48.2 Å². The molecule has 0 bridgehead atoms. The van der Waals surface area contributed by atoms with Gasteiger partial charge in [-0.2, -0.15) is 0 Å². The van der Waals surface area contributed by atoms with Crippen LogP contribution in [0.3, 0.4) is 0 Å². The van der Waals surface area contributed by atoms with Gasteiger partial charge in [0.25, 0.3) is 5.91 Å². The van der Waals surface area contributed by atoms with Crippen LogP contribution in [0.2, 0.25) is 0 Å². The fourth-order valence-electron chi connectivity index (χ4n) is 6.23. The molecule has 10 N–H and O–H groups in total. The van der Waals surface area contributed by atoms with E-state index in [0.717, 1.165) is 0 Å². The molecule has 2 aliphatic rings. The van der Waals surface area contributed by atoms with Crippen LogP contribution in [0.5, 0.6) is 11.5 Å². The second-order valence-corrected chi connectivity index (χ2v) is 12.6. The molecular weight excluding hydrogens is 546 g/mol. The van der Waals surface area contributed by atoms with Crippen LogP contribution in [0.1, 0.15) is 38.0 Å². The Morgan fingerprint density at radius 1 is 1.07 bits per heavy atom. The normalized spacial score (nSPS) is 25.8. The first kappa shape index (κ1) is 31.3. The number of fused-ring (bicyclic) bond motifs is 3. The molecule has 2 unspecified atom stereocenters. The zero-order valence-electron chi connectivity index (χ0n) is 24.8. The van der Waals surface area contributed by atoms with Crippen LogP contribution in [0.25, 0.3) is 10.8 Å². The number of amides is 2. The highest BCUT2D eigenvalue weighted by atomic mass is 16.4. The lowest BCUT2D eigenvalue weighted by Crippen LogP contribution is -2.64. The van der Waals surface area contributed by atoms with E-state index in [-0.39, 0.29) is 35.1 Å². The maximum atomic E-state index is 12.7. The van der Waals surface area contributed by atoms with Crippen molar-refractivity contribution in [2.24, 2.45) is 11.7 Å². The fourth-order valence-corrected chi connectivity index (χ4v) is 6.23. The topological polar surface area (TPSA) is 212 Å². The number of hydrogen-bond acceptors (Lipinski definition) is 11. The Labute approximate surface area is 243 Å². The summed E-state index contributed by atoms with van der Waals surface area (Å²) in [5, 5.41) is 74.5. The van der Waals surface area contributed by atoms with Crippen molar-refractivity contribution in [3.8, 4) is 11.5 Å². The predicted octanol–water partition coefficient (Wildman–Crippen LogP) is 0.183. The highest BCUT2D eigenvalue weighted by Gasteiger charge is 2.61. The minimum absolute atomic E-state index is 0.0104. The van der Waals surface area contributed by atoms with Gasteiger partial charge in [0.05, 0.1) is 23.2 Å². The van der Waals surface area contributed by atoms with Crippen molar-refractivity contribution >= 4 is 34.0 Å². The van der Waals surface area contributed by atoms with Gasteiger partial charge in [-0.1, -0.05) is 0 Å². The molecule has 230 valence electrons. The van der Waals surface area contributed by atoms with E-state index >= 15 is 0 Å². The number of aliphatic hydroxyl groups excluding tert-OH is 3. The number of carbonyl (C=O) groups excluding carboxylic acids is 2. The van der Waals surface area contributed by atoms with E-state index in [2.05, 4.69) is 10.6 Å². The number of likely N-dealkylation sites (N-methyl/N-ethyl adjacent to an activating group) is 1. The van der Waals surface area contributed by atoms with E-state index in [1.807, 2.05) is 20.8 Å². The standard InChI is InChI=1S/C29H41N5O8/c1-28(2,3)31-11-17(35)32-15-10-16(33(4)5)13-8-12-9-14-21(34(6)7)24(38)20(27(30)41)26(40)29(14,42)25(39)18(12)23(37)19(13)22(15)36/h8,10,14,21,24-25,31,36-40,42H,9,11H2,1-7H3,(H2,30,41)(H,32,35)/t14-,21-,24?,25?,29-/m0/s1. The van der Waals surface area contributed by atoms with Crippen LogP contribution in [0, 0.1) is 5.92 Å². The summed E-state index contributed by atoms with van der Waals surface area (Å²) in [5.74, 6) is -4.67. The molecule has 0 radical (unpaired) electrons. The number of nitrogens with zero attached hydrogens (tertiary/aromatic N) is 2. The molecular formula is C29H41N5O8. The van der Waals surface area contributed by atoms with Gasteiger partial charge in [-0.05, 0) is 59.0 Å². The fraction of sp³-hybridized carbons (Fsp3) is 0.517. The van der Waals surface area contributed by atoms with Crippen LogP contribution in [0.4, 0.5) is 11.4 Å². The Kier molecular flexibility index (Phi) is 7.89. The minimum Gasteiger partial charge on any atom is -0.509 e. The smallest absolute Gasteiger partial charge is 0.250 e. The zero-order chi connectivity index (χ0) is 31.6. The molecule has 0 fully saturated rings. The Morgan fingerprint density at radius 2 is 1.69 bits per heavy atom. The summed E-state index contributed by atoms with van der Waals surface area (Å²) in [5.41, 5.74) is 2.72. The maximum Gasteiger partial charge on any atom is 0.250 e. The molecule has 0 aliphatic heterocycles. The Bertz CT molecular complexity index is 1480. The number of hydrogen-bond donors (Lipinski definition) is 9. The molecule has 42 heavy (non-hydrogen) atoms. The molecule has 2 aromatic carbocycles. The molecule has 2 aliphatic carbocycles. The monoisotopic (exact) mass is 587 g/mol. The Morgan fingerprint density at radius 3 is 2.21 bits per heavy atom. The van der Waals surface area contributed by atoms with E-state index < -0.39 is 64.4 Å². The lowest BCUT2D eigenvalue weighted by molar-refractivity contribution is -0.159. The van der Waals surface area contributed by atoms with E-state index in [1.165, 1.54) is 0 Å². The predicted molar refractivity (Wildman–Crippen MR) is 157 cm³/mol. The van der Waals surface area contributed by atoms with E-state index in [0.29, 0.717) is 16.6 Å². The molecule has 13 heteroatoms. The third-order valence-corrected chi connectivity index (χ3v) is 8.23. The largest absolute Gasteiger partial charge is 0.509 e. The number of carbonyl (C=O) groups is 2. The van der Waals surface area contributed by atoms with Gasteiger partial charge in [0.15, 0.2) is 11.4 Å². The number of aromatic hydroxyl groups is 2. The number of aliphatic hydroxyl groups is 4. The first-order valence-corrected chi connectivity index (χ1v) is 13.6. The van der Waals surface area contributed by atoms with Crippen LogP contribution >= 0.6 is 0 Å². The summed E-state index contributed by atoms with van der Waals surface area (Å²) < 4.78 is 0. The highest BCUT2D eigenvalue weighted by Crippen LogP contribution is 2.56. The van der Waals surface area contributed by atoms with Gasteiger partial charge in [0.1, 0.15) is 23.7 Å². The van der Waals surface area contributed by atoms with E-state index in [4.69, 9.17) is 5.73 Å². The van der Waals surface area contributed by atoms with Crippen molar-refractivity contribution in [1.82, 2.24) is 10.2 Å². The minimum atomic E-state index is -2.51. The second kappa shape index (κ2) is 10.6. The van der Waals surface area contributed by atoms with Crippen molar-refractivity contribution in [3.05, 3.63) is 34.6 Å². The summed E-state index contributed by atoms with van der Waals surface area (Å²) in [6, 6.07) is 2.27. The third-order valence-electron chi connectivity index (χ3n) is 8.23. The molecule has 0 spiro atoms. The van der Waals surface area contributed by atoms with Crippen molar-refractivity contribution in [3.63, 3.8) is 0 Å². The number of anilines is 2. The average molecular weight is 588 g/mol. The maximum absolute atomic E-state index is 12.7. The van der Waals surface area contributed by atoms with Crippen LogP contribution in [-0.4, -0.2) is 105 Å². The molecule has 0 saturated heterocycles. The summed E-state index contributed by atoms with van der Waals surface area (Å²) in [7, 11) is 6.72. The lowest BCUT2D eigenvalue weighted by atomic mass is 9.60. The van der Waals surface area contributed by atoms with Crippen molar-refractivity contribution in [2.75, 3.05) is 45.0 Å². The van der Waals surface area contributed by atoms with E-state index in [1.54, 1.807) is 50.1 Å². The van der Waals surface area contributed by atoms with Gasteiger partial charge in [0.2, 0.25) is 5.91 Å². The molecule has 13 nitrogen and oxygen atoms in total. The van der Waals surface area contributed by atoms with Crippen molar-refractivity contribution in [2.45, 2.75) is 56.6 Å². The third kappa shape index (κ3) is 4.90. The molecule has 0 heterocycles. The summed E-state index contributed by atoms with van der Waals surface area (Å²) >= 11 is 0. The number of nitrogens with two attached hydrogens (primary N) is 1. The zero-order valence-corrected chi connectivity index (χ0v) is 24.8. The van der Waals surface area contributed by atoms with Gasteiger partial charge in [-0.3, -0.25) is 9.59 Å². The van der Waals surface area contributed by atoms with Gasteiger partial charge >= 0.3 is 0 Å². The molecule has 2 aromatic rings. The first-order chi connectivity index (χ1) is 19.3. The Balaban J connectivity index is 1.95. The molecule has 4 rings (SSSR count). The number of benzene rings is 2. The second-order valence-electron chi connectivity index (χ2n) is 12.6. The number of rotatable bonds is 6. The van der Waals surface area contributed by atoms with Gasteiger partial charge in [-0.25, -0.2) is 0 Å². The Hall–Kier alpha value is -3.62. The molecule has 2 amide bonds. The van der Waals surface area contributed by atoms with E-state index in [9.17, 15) is 40.2 Å². The first-order valence-electron chi connectivity index (χ1n) is 13.6. The van der Waals surface area contributed by atoms with Crippen LogP contribution < -0.4 is 21.3 Å². The average Bonchev–Trinajstić information content (AvgIpc) is 2.85. The SMILES string of the molecule is CN(C)c1cc(NC(=O)CNC(C)(C)C)c(O)c2c(O)c3c(cc12)C[C@H]1[C@H](N(C)C)C(O)C(C(N)=O)=C(O)[C@@]1(O)C3O. The van der Waals surface area contributed by atoms with Crippen molar-refractivity contribution < 1.29 is 40.2 Å². The summed E-state index contributed by atoms with van der Waals surface area (Å²) in [6.07, 6.45) is -3.59. The molecule has 5 atom stereocenters. The lowest BCUT2D eigenvalue weighted by Gasteiger charge is -2.53. The molecule has 0 aromatic heterocycles. The quantitative estimate of drug-likeness (QED) is 0.208.